The van der Waals surface area contributed by atoms with Crippen molar-refractivity contribution >= 4 is 21.6 Å². The molecule has 16 heavy (non-hydrogen) atoms. The van der Waals surface area contributed by atoms with Crippen molar-refractivity contribution in [2.75, 3.05) is 5.73 Å². The quantitative estimate of drug-likeness (QED) is 0.937. The fraction of sp³-hybridized carbons (Fsp3) is 0.0909. The zero-order valence-corrected chi connectivity index (χ0v) is 10.0. The maximum absolute atomic E-state index is 5.55. The Morgan fingerprint density at radius 3 is 2.56 bits per heavy atom. The van der Waals surface area contributed by atoms with Gasteiger partial charge in [0.25, 0.3) is 0 Å². The van der Waals surface area contributed by atoms with Gasteiger partial charge in [0, 0.05) is 0 Å². The van der Waals surface area contributed by atoms with Gasteiger partial charge in [0.15, 0.2) is 5.82 Å². The maximum atomic E-state index is 5.55. The summed E-state index contributed by atoms with van der Waals surface area (Å²) in [7, 11) is 0. The number of nitrogen functional groups attached to an aromatic ring is 1. The number of anilines is 1. The van der Waals surface area contributed by atoms with E-state index in [1.165, 1.54) is 0 Å². The molecule has 0 radical (unpaired) electrons. The van der Waals surface area contributed by atoms with Gasteiger partial charge in [-0.2, -0.15) is 0 Å². The molecular weight excluding hydrogens is 270 g/mol. The first-order valence-corrected chi connectivity index (χ1v) is 5.49. The lowest BCUT2D eigenvalue weighted by Crippen LogP contribution is -2.02. The number of hydrogen-bond donors (Lipinski definition) is 1. The average Bonchev–Trinajstić information content (AvgIpc) is 2.30. The molecule has 1 aromatic heterocycles. The molecule has 0 atom stereocenters. The van der Waals surface area contributed by atoms with Crippen LogP contribution in [-0.2, 0) is 6.61 Å². The van der Waals surface area contributed by atoms with Gasteiger partial charge in [-0.3, -0.25) is 0 Å². The van der Waals surface area contributed by atoms with Crippen molar-refractivity contribution in [1.29, 1.82) is 0 Å². The lowest BCUT2D eigenvalue weighted by atomic mass is 10.3. The van der Waals surface area contributed by atoms with Crippen molar-refractivity contribution in [3.63, 3.8) is 0 Å². The second-order valence-corrected chi connectivity index (χ2v) is 4.01. The number of para-hydroxylation sites is 1. The van der Waals surface area contributed by atoms with Crippen molar-refractivity contribution in [2.24, 2.45) is 0 Å². The van der Waals surface area contributed by atoms with E-state index >= 15 is 0 Å². The predicted octanol–water partition coefficient (Wildman–Crippen LogP) is 2.40. The van der Waals surface area contributed by atoms with Gasteiger partial charge in [-0.05, 0) is 28.1 Å². The van der Waals surface area contributed by atoms with Gasteiger partial charge in [0.2, 0.25) is 0 Å². The monoisotopic (exact) mass is 279 g/mol. The molecule has 5 heteroatoms. The summed E-state index contributed by atoms with van der Waals surface area (Å²) in [6.07, 6.45) is 3.12. The highest BCUT2D eigenvalue weighted by molar-refractivity contribution is 9.10. The Morgan fingerprint density at radius 1 is 1.19 bits per heavy atom. The number of nitrogens with two attached hydrogens (primary N) is 1. The van der Waals surface area contributed by atoms with Crippen molar-refractivity contribution in [3.8, 4) is 5.75 Å². The molecule has 0 unspecified atom stereocenters. The van der Waals surface area contributed by atoms with Crippen LogP contribution in [0, 0.1) is 0 Å². The second kappa shape index (κ2) is 4.94. The van der Waals surface area contributed by atoms with E-state index < -0.39 is 0 Å². The SMILES string of the molecule is Nc1cnc(COc2ccccc2Br)nc1. The molecule has 1 heterocycles. The van der Waals surface area contributed by atoms with Crippen LogP contribution in [-0.4, -0.2) is 9.97 Å². The zero-order chi connectivity index (χ0) is 11.4. The topological polar surface area (TPSA) is 61.0 Å². The second-order valence-electron chi connectivity index (χ2n) is 3.15. The summed E-state index contributed by atoms with van der Waals surface area (Å²) in [4.78, 5) is 8.09. The van der Waals surface area contributed by atoms with Crippen LogP contribution in [0.15, 0.2) is 41.1 Å². The zero-order valence-electron chi connectivity index (χ0n) is 8.43. The predicted molar refractivity (Wildman–Crippen MR) is 64.9 cm³/mol. The molecule has 2 rings (SSSR count). The van der Waals surface area contributed by atoms with Crippen molar-refractivity contribution < 1.29 is 4.74 Å². The first-order chi connectivity index (χ1) is 7.75. The van der Waals surface area contributed by atoms with E-state index in [0.29, 0.717) is 18.1 Å². The van der Waals surface area contributed by atoms with Gasteiger partial charge >= 0.3 is 0 Å². The number of aromatic nitrogens is 2. The lowest BCUT2D eigenvalue weighted by molar-refractivity contribution is 0.294. The van der Waals surface area contributed by atoms with Crippen molar-refractivity contribution in [2.45, 2.75) is 6.61 Å². The molecule has 0 aliphatic carbocycles. The smallest absolute Gasteiger partial charge is 0.166 e. The third-order valence-corrected chi connectivity index (χ3v) is 2.57. The summed E-state index contributed by atoms with van der Waals surface area (Å²) in [5.41, 5.74) is 6.03. The Bertz CT molecular complexity index is 473. The first-order valence-electron chi connectivity index (χ1n) is 4.69. The van der Waals surface area contributed by atoms with Crippen molar-refractivity contribution in [3.05, 3.63) is 47.0 Å². The van der Waals surface area contributed by atoms with Gasteiger partial charge in [-0.15, -0.1) is 0 Å². The molecule has 0 saturated carbocycles. The summed E-state index contributed by atoms with van der Waals surface area (Å²) in [5, 5.41) is 0. The number of benzene rings is 1. The fourth-order valence-electron chi connectivity index (χ4n) is 1.14. The molecule has 1 aromatic carbocycles. The molecule has 2 aromatic rings. The Hall–Kier alpha value is -1.62. The Labute approximate surface area is 102 Å². The lowest BCUT2D eigenvalue weighted by Gasteiger charge is -2.06. The van der Waals surface area contributed by atoms with Crippen LogP contribution in [0.3, 0.4) is 0 Å². The Balaban J connectivity index is 2.02. The highest BCUT2D eigenvalue weighted by atomic mass is 79.9. The molecule has 2 N–H and O–H groups in total. The molecule has 0 saturated heterocycles. The van der Waals surface area contributed by atoms with Crippen molar-refractivity contribution in [1.82, 2.24) is 9.97 Å². The van der Waals surface area contributed by atoms with E-state index in [0.717, 1.165) is 10.2 Å². The van der Waals surface area contributed by atoms with Crippen LogP contribution in [0.2, 0.25) is 0 Å². The minimum Gasteiger partial charge on any atom is -0.484 e. The maximum Gasteiger partial charge on any atom is 0.166 e. The summed E-state index contributed by atoms with van der Waals surface area (Å²) < 4.78 is 6.46. The van der Waals surface area contributed by atoms with Crippen LogP contribution in [0.1, 0.15) is 5.82 Å². The van der Waals surface area contributed by atoms with Crippen LogP contribution < -0.4 is 10.5 Å². The number of hydrogen-bond acceptors (Lipinski definition) is 4. The largest absolute Gasteiger partial charge is 0.484 e. The van der Waals surface area contributed by atoms with E-state index in [1.807, 2.05) is 24.3 Å². The van der Waals surface area contributed by atoms with Gasteiger partial charge in [0.05, 0.1) is 22.6 Å². The van der Waals surface area contributed by atoms with Crippen LogP contribution in [0.25, 0.3) is 0 Å². The minimum absolute atomic E-state index is 0.322. The summed E-state index contributed by atoms with van der Waals surface area (Å²) in [6, 6.07) is 7.63. The molecule has 0 bridgehead atoms. The number of nitrogens with zero attached hydrogens (tertiary/aromatic N) is 2. The summed E-state index contributed by atoms with van der Waals surface area (Å²) in [6.45, 7) is 0.322. The van der Waals surface area contributed by atoms with E-state index in [9.17, 15) is 0 Å². The Kier molecular flexibility index (Phi) is 3.36. The third kappa shape index (κ3) is 2.70. The minimum atomic E-state index is 0.322. The molecule has 0 spiro atoms. The fourth-order valence-corrected chi connectivity index (χ4v) is 1.54. The van der Waals surface area contributed by atoms with Gasteiger partial charge in [-0.25, -0.2) is 9.97 Å². The molecule has 0 fully saturated rings. The van der Waals surface area contributed by atoms with E-state index in [1.54, 1.807) is 12.4 Å². The molecular formula is C11H10BrN3O. The molecule has 82 valence electrons. The number of halogens is 1. The highest BCUT2D eigenvalue weighted by Gasteiger charge is 2.01. The Morgan fingerprint density at radius 2 is 1.88 bits per heavy atom. The van der Waals surface area contributed by atoms with Crippen LogP contribution >= 0.6 is 15.9 Å². The molecule has 0 aliphatic rings. The van der Waals surface area contributed by atoms with E-state index in [2.05, 4.69) is 25.9 Å². The number of ether oxygens (including phenoxy) is 1. The molecule has 4 nitrogen and oxygen atoms in total. The first kappa shape index (κ1) is 10.9. The summed E-state index contributed by atoms with van der Waals surface area (Å²) in [5.74, 6) is 1.37. The average molecular weight is 280 g/mol. The van der Waals surface area contributed by atoms with Crippen LogP contribution in [0.4, 0.5) is 5.69 Å². The van der Waals surface area contributed by atoms with E-state index in [4.69, 9.17) is 10.5 Å². The van der Waals surface area contributed by atoms with E-state index in [-0.39, 0.29) is 0 Å². The third-order valence-electron chi connectivity index (χ3n) is 1.92. The molecule has 0 aliphatic heterocycles. The standard InChI is InChI=1S/C11H10BrN3O/c12-9-3-1-2-4-10(9)16-7-11-14-5-8(13)6-15-11/h1-6H,7,13H2. The van der Waals surface area contributed by atoms with Gasteiger partial charge in [0.1, 0.15) is 12.4 Å². The number of rotatable bonds is 3. The van der Waals surface area contributed by atoms with Crippen LogP contribution in [0.5, 0.6) is 5.75 Å². The molecule has 0 amide bonds. The highest BCUT2D eigenvalue weighted by Crippen LogP contribution is 2.24. The van der Waals surface area contributed by atoms with Gasteiger partial charge < -0.3 is 10.5 Å². The van der Waals surface area contributed by atoms with Gasteiger partial charge in [-0.1, -0.05) is 12.1 Å². The normalized spacial score (nSPS) is 10.1. The summed E-state index contributed by atoms with van der Waals surface area (Å²) >= 11 is 3.40.